The number of para-hydroxylation sites is 1. The summed E-state index contributed by atoms with van der Waals surface area (Å²) >= 11 is 0. The van der Waals surface area contributed by atoms with Gasteiger partial charge in [-0.3, -0.25) is 0 Å². The minimum Gasteiger partial charge on any atom is -0.451 e. The van der Waals surface area contributed by atoms with Crippen LogP contribution in [0.1, 0.15) is 19.4 Å². The molecule has 0 amide bonds. The van der Waals surface area contributed by atoms with Crippen molar-refractivity contribution in [3.05, 3.63) is 65.2 Å². The first kappa shape index (κ1) is 17.1. The monoisotopic (exact) mass is 320 g/mol. The summed E-state index contributed by atoms with van der Waals surface area (Å²) in [5, 5.41) is 9.66. The molecule has 0 saturated heterocycles. The molecule has 0 fully saturated rings. The van der Waals surface area contributed by atoms with Gasteiger partial charge in [0.25, 0.3) is 0 Å². The van der Waals surface area contributed by atoms with Gasteiger partial charge in [-0.1, -0.05) is 24.3 Å². The van der Waals surface area contributed by atoms with E-state index in [0.717, 1.165) is 12.1 Å². The number of aliphatic hydroxyl groups is 1. The predicted octanol–water partition coefficient (Wildman–Crippen LogP) is 4.52. The van der Waals surface area contributed by atoms with Gasteiger partial charge in [-0.2, -0.15) is 0 Å². The van der Waals surface area contributed by atoms with Gasteiger partial charge in [0.2, 0.25) is 0 Å². The topological polar surface area (TPSA) is 38.7 Å². The summed E-state index contributed by atoms with van der Waals surface area (Å²) in [7, 11) is 0. The summed E-state index contributed by atoms with van der Waals surface area (Å²) in [6, 6.07) is 10.7. The molecule has 0 spiro atoms. The van der Waals surface area contributed by atoms with Crippen LogP contribution in [-0.4, -0.2) is 18.0 Å². The molecule has 1 atom stereocenters. The van der Waals surface area contributed by atoms with Crippen LogP contribution in [0, 0.1) is 11.6 Å². The predicted molar refractivity (Wildman–Crippen MR) is 84.2 cm³/mol. The number of halogens is 2. The number of hydrogen-bond acceptors (Lipinski definition) is 3. The lowest BCUT2D eigenvalue weighted by Crippen LogP contribution is -2.12. The number of aliphatic hydroxyl groups excluding tert-OH is 1. The Kier molecular flexibility index (Phi) is 5.84. The fraction of sp³-hybridized carbons (Fsp3) is 0.222. The highest BCUT2D eigenvalue weighted by molar-refractivity contribution is 5.55. The van der Waals surface area contributed by atoms with E-state index in [4.69, 9.17) is 9.47 Å². The summed E-state index contributed by atoms with van der Waals surface area (Å²) < 4.78 is 38.5. The lowest BCUT2D eigenvalue weighted by atomic mass is 10.1. The quantitative estimate of drug-likeness (QED) is 0.796. The first-order chi connectivity index (χ1) is 11.0. The minimum atomic E-state index is -1.11. The first-order valence-electron chi connectivity index (χ1n) is 7.21. The van der Waals surface area contributed by atoms with Crippen LogP contribution < -0.4 is 4.74 Å². The molecule has 0 saturated carbocycles. The van der Waals surface area contributed by atoms with Crippen LogP contribution in [-0.2, 0) is 4.74 Å². The smallest absolute Gasteiger partial charge is 0.198 e. The second-order valence-corrected chi connectivity index (χ2v) is 4.92. The van der Waals surface area contributed by atoms with Crippen molar-refractivity contribution in [3.63, 3.8) is 0 Å². The van der Waals surface area contributed by atoms with Gasteiger partial charge in [-0.25, -0.2) is 8.78 Å². The Morgan fingerprint density at radius 3 is 2.35 bits per heavy atom. The van der Waals surface area contributed by atoms with Crippen LogP contribution in [0.4, 0.5) is 8.78 Å². The molecule has 0 bridgehead atoms. The Labute approximate surface area is 133 Å². The highest BCUT2D eigenvalue weighted by atomic mass is 19.1. The van der Waals surface area contributed by atoms with Gasteiger partial charge in [0, 0.05) is 6.61 Å². The normalized spacial score (nSPS) is 13.0. The molecule has 1 N–H and O–H groups in total. The molecule has 0 aliphatic heterocycles. The van der Waals surface area contributed by atoms with E-state index in [9.17, 15) is 13.9 Å². The molecule has 0 aliphatic rings. The maximum atomic E-state index is 14.1. The molecule has 1 unspecified atom stereocenters. The van der Waals surface area contributed by atoms with Gasteiger partial charge < -0.3 is 14.6 Å². The van der Waals surface area contributed by atoms with E-state index in [1.54, 1.807) is 44.2 Å². The Hall–Kier alpha value is -2.24. The molecular formula is C18H18F2O3. The number of ether oxygens (including phenoxy) is 2. The Morgan fingerprint density at radius 2 is 1.78 bits per heavy atom. The van der Waals surface area contributed by atoms with E-state index in [-0.39, 0.29) is 5.56 Å². The summed E-state index contributed by atoms with van der Waals surface area (Å²) in [5.74, 6) is -1.76. The summed E-state index contributed by atoms with van der Waals surface area (Å²) in [5.41, 5.74) is 0.721. The molecule has 122 valence electrons. The lowest BCUT2D eigenvalue weighted by Gasteiger charge is -2.12. The van der Waals surface area contributed by atoms with Crippen molar-refractivity contribution in [3.8, 4) is 11.5 Å². The lowest BCUT2D eigenvalue weighted by molar-refractivity contribution is -0.0662. The van der Waals surface area contributed by atoms with Crippen LogP contribution in [0.2, 0.25) is 0 Å². The zero-order valence-electron chi connectivity index (χ0n) is 12.9. The molecular weight excluding hydrogens is 302 g/mol. The van der Waals surface area contributed by atoms with Gasteiger partial charge >= 0.3 is 0 Å². The average molecular weight is 320 g/mol. The fourth-order valence-corrected chi connectivity index (χ4v) is 1.99. The zero-order chi connectivity index (χ0) is 16.8. The Morgan fingerprint density at radius 1 is 1.17 bits per heavy atom. The van der Waals surface area contributed by atoms with Crippen LogP contribution in [0.5, 0.6) is 11.5 Å². The molecule has 5 heteroatoms. The van der Waals surface area contributed by atoms with E-state index in [0.29, 0.717) is 17.9 Å². The summed E-state index contributed by atoms with van der Waals surface area (Å²) in [6.45, 7) is 3.69. The average Bonchev–Trinajstić information content (AvgIpc) is 2.52. The third-order valence-corrected chi connectivity index (χ3v) is 3.09. The van der Waals surface area contributed by atoms with Gasteiger partial charge in [-0.15, -0.1) is 0 Å². The van der Waals surface area contributed by atoms with E-state index < -0.39 is 23.7 Å². The van der Waals surface area contributed by atoms with Crippen molar-refractivity contribution in [1.29, 1.82) is 0 Å². The SMILES string of the molecule is CCOC(O)C(C)=Cc1cc(F)c(Oc2ccccc2)c(F)c1. The molecule has 3 nitrogen and oxygen atoms in total. The second-order valence-electron chi connectivity index (χ2n) is 4.92. The van der Waals surface area contributed by atoms with Gasteiger partial charge in [-0.05, 0) is 49.2 Å². The highest BCUT2D eigenvalue weighted by Crippen LogP contribution is 2.29. The molecule has 0 aromatic heterocycles. The van der Waals surface area contributed by atoms with Crippen molar-refractivity contribution in [2.45, 2.75) is 20.1 Å². The fourth-order valence-electron chi connectivity index (χ4n) is 1.99. The summed E-state index contributed by atoms with van der Waals surface area (Å²) in [6.07, 6.45) is 0.352. The number of benzene rings is 2. The zero-order valence-corrected chi connectivity index (χ0v) is 12.9. The van der Waals surface area contributed by atoms with E-state index in [1.165, 1.54) is 6.08 Å². The largest absolute Gasteiger partial charge is 0.451 e. The van der Waals surface area contributed by atoms with Crippen LogP contribution in [0.25, 0.3) is 6.08 Å². The molecule has 2 aromatic rings. The Bertz CT molecular complexity index is 661. The summed E-state index contributed by atoms with van der Waals surface area (Å²) in [4.78, 5) is 0. The van der Waals surface area contributed by atoms with Gasteiger partial charge in [0.05, 0.1) is 0 Å². The molecule has 2 rings (SSSR count). The van der Waals surface area contributed by atoms with Crippen molar-refractivity contribution in [2.75, 3.05) is 6.61 Å². The van der Waals surface area contributed by atoms with Crippen molar-refractivity contribution < 1.29 is 23.4 Å². The highest BCUT2D eigenvalue weighted by Gasteiger charge is 2.14. The third kappa shape index (κ3) is 4.61. The third-order valence-electron chi connectivity index (χ3n) is 3.09. The van der Waals surface area contributed by atoms with Gasteiger partial charge in [0.1, 0.15) is 5.75 Å². The standard InChI is InChI=1S/C18H18F2O3/c1-3-22-18(21)12(2)9-13-10-15(19)17(16(20)11-13)23-14-7-5-4-6-8-14/h4-11,18,21H,3H2,1-2H3. The maximum Gasteiger partial charge on any atom is 0.198 e. The van der Waals surface area contributed by atoms with Crippen molar-refractivity contribution in [2.24, 2.45) is 0 Å². The van der Waals surface area contributed by atoms with E-state index >= 15 is 0 Å². The first-order valence-corrected chi connectivity index (χ1v) is 7.21. The molecule has 2 aromatic carbocycles. The number of rotatable bonds is 6. The molecule has 23 heavy (non-hydrogen) atoms. The molecule has 0 heterocycles. The minimum absolute atomic E-state index is 0.275. The van der Waals surface area contributed by atoms with Crippen molar-refractivity contribution in [1.82, 2.24) is 0 Å². The molecule has 0 radical (unpaired) electrons. The van der Waals surface area contributed by atoms with E-state index in [2.05, 4.69) is 0 Å². The van der Waals surface area contributed by atoms with E-state index in [1.807, 2.05) is 0 Å². The number of hydrogen-bond donors (Lipinski definition) is 1. The maximum absolute atomic E-state index is 14.1. The second kappa shape index (κ2) is 7.85. The van der Waals surface area contributed by atoms with Crippen LogP contribution in [0.15, 0.2) is 48.0 Å². The van der Waals surface area contributed by atoms with Crippen LogP contribution in [0.3, 0.4) is 0 Å². The van der Waals surface area contributed by atoms with Crippen molar-refractivity contribution >= 4 is 6.08 Å². The van der Waals surface area contributed by atoms with Gasteiger partial charge in [0.15, 0.2) is 23.7 Å². The van der Waals surface area contributed by atoms with Crippen LogP contribution >= 0.6 is 0 Å². The Balaban J connectivity index is 2.25. The molecule has 0 aliphatic carbocycles.